The van der Waals surface area contributed by atoms with Gasteiger partial charge in [-0.1, -0.05) is 88.3 Å². The summed E-state index contributed by atoms with van der Waals surface area (Å²) in [7, 11) is 0. The van der Waals surface area contributed by atoms with Crippen LogP contribution in [0.4, 0.5) is 0 Å². The van der Waals surface area contributed by atoms with Gasteiger partial charge in [0.2, 0.25) is 0 Å². The van der Waals surface area contributed by atoms with E-state index in [1.165, 1.54) is 0 Å². The van der Waals surface area contributed by atoms with Gasteiger partial charge in [-0.15, -0.1) is 0 Å². The normalized spacial score (nSPS) is 12.3. The number of aliphatic hydroxyl groups is 1. The van der Waals surface area contributed by atoms with Crippen LogP contribution in [0.3, 0.4) is 0 Å². The molecule has 4 nitrogen and oxygen atoms in total. The zero-order valence-corrected chi connectivity index (χ0v) is 34.2. The first-order valence-electron chi connectivity index (χ1n) is 17.2. The Bertz CT molecular complexity index is 2470. The van der Waals surface area contributed by atoms with E-state index < -0.39 is 5.60 Å². The van der Waals surface area contributed by atoms with Gasteiger partial charge in [0.15, 0.2) is 0 Å². The number of ketones is 1. The fourth-order valence-electron chi connectivity index (χ4n) is 6.26. The van der Waals surface area contributed by atoms with Crippen LogP contribution in [0.5, 0.6) is 0 Å². The first-order valence-corrected chi connectivity index (χ1v) is 19.5. The fourth-order valence-corrected chi connectivity index (χ4v) is 7.21. The molecule has 0 amide bonds. The first kappa shape index (κ1) is 38.9. The highest BCUT2D eigenvalue weighted by atomic mass is 79.9. The smallest absolute Gasteiger partial charge is 0.129 e. The number of carbonyl (C=O) groups is 1. The minimum absolute atomic E-state index is 0.255. The summed E-state index contributed by atoms with van der Waals surface area (Å²) in [6.07, 6.45) is 1.33. The number of halogens is 5. The molecule has 1 atom stereocenters. The molecule has 0 aliphatic heterocycles. The summed E-state index contributed by atoms with van der Waals surface area (Å²) < 4.78 is 5.48. The van der Waals surface area contributed by atoms with Crippen molar-refractivity contribution in [3.05, 3.63) is 151 Å². The monoisotopic (exact) mass is 844 g/mol. The highest BCUT2D eigenvalue weighted by Gasteiger charge is 2.21. The second-order valence-corrected chi connectivity index (χ2v) is 15.7. The molecule has 0 fully saturated rings. The van der Waals surface area contributed by atoms with Gasteiger partial charge < -0.3 is 19.0 Å². The lowest BCUT2D eigenvalue weighted by Gasteiger charge is -2.22. The summed E-state index contributed by atoms with van der Waals surface area (Å²) in [6, 6.07) is 40.0. The predicted molar refractivity (Wildman–Crippen MR) is 230 cm³/mol. The van der Waals surface area contributed by atoms with Crippen molar-refractivity contribution in [2.75, 3.05) is 0 Å². The third kappa shape index (κ3) is 8.32. The van der Waals surface area contributed by atoms with Gasteiger partial charge in [0.05, 0.1) is 27.7 Å². The minimum atomic E-state index is -0.819. The van der Waals surface area contributed by atoms with Crippen LogP contribution < -0.4 is 0 Å². The summed E-state index contributed by atoms with van der Waals surface area (Å²) in [5.41, 5.74) is 6.60. The number of benzene rings is 6. The summed E-state index contributed by atoms with van der Waals surface area (Å²) in [5, 5.41) is 17.7. The van der Waals surface area contributed by atoms with E-state index in [4.69, 9.17) is 46.4 Å². The molecule has 0 bridgehead atoms. The molecule has 0 saturated carbocycles. The van der Waals surface area contributed by atoms with Crippen molar-refractivity contribution in [2.24, 2.45) is 0 Å². The van der Waals surface area contributed by atoms with Crippen LogP contribution in [-0.2, 0) is 10.4 Å². The van der Waals surface area contributed by atoms with Crippen molar-refractivity contribution in [3.8, 4) is 11.4 Å². The van der Waals surface area contributed by atoms with Crippen LogP contribution >= 0.6 is 62.3 Å². The quantitative estimate of drug-likeness (QED) is 0.188. The first-order chi connectivity index (χ1) is 25.3. The van der Waals surface area contributed by atoms with E-state index in [1.54, 1.807) is 6.92 Å². The van der Waals surface area contributed by atoms with Crippen molar-refractivity contribution < 1.29 is 9.90 Å². The molecule has 1 unspecified atom stereocenters. The molecule has 0 radical (unpaired) electrons. The zero-order valence-electron chi connectivity index (χ0n) is 29.6. The van der Waals surface area contributed by atoms with E-state index in [1.807, 2.05) is 130 Å². The number of rotatable bonds is 5. The van der Waals surface area contributed by atoms with Crippen LogP contribution in [0, 0.1) is 0 Å². The van der Waals surface area contributed by atoms with Gasteiger partial charge in [-0.05, 0) is 135 Å². The van der Waals surface area contributed by atoms with Crippen LogP contribution in [0.1, 0.15) is 46.1 Å². The van der Waals surface area contributed by atoms with E-state index in [9.17, 15) is 9.90 Å². The second-order valence-electron chi connectivity index (χ2n) is 13.0. The van der Waals surface area contributed by atoms with E-state index in [0.29, 0.717) is 22.9 Å². The molecule has 0 saturated heterocycles. The van der Waals surface area contributed by atoms with E-state index >= 15 is 0 Å². The molecule has 8 rings (SSSR count). The molecule has 0 spiro atoms. The summed E-state index contributed by atoms with van der Waals surface area (Å²) in [5.74, 6) is 0.255. The van der Waals surface area contributed by atoms with Crippen molar-refractivity contribution >= 4 is 112 Å². The third-order valence-electron chi connectivity index (χ3n) is 9.40. The average molecular weight is 848 g/mol. The largest absolute Gasteiger partial charge is 0.385 e. The van der Waals surface area contributed by atoms with Crippen LogP contribution in [0.15, 0.2) is 126 Å². The maximum Gasteiger partial charge on any atom is 0.129 e. The molecule has 2 heterocycles. The SMILES string of the molecule is CCC(C)(O)c1ccc(-n2c3ccc(Cl)cc3c3cc(Cl)ccc32)cc1.CCC(C)=O.Clc1ccc2c(c1)c1cc(Cl)ccc1n2-c1ccc(Br)cc1. The Morgan fingerprint density at radius 3 is 1.17 bits per heavy atom. The minimum Gasteiger partial charge on any atom is -0.385 e. The molecule has 8 aromatic rings. The Morgan fingerprint density at radius 1 is 0.585 bits per heavy atom. The van der Waals surface area contributed by atoms with Crippen LogP contribution in [0.2, 0.25) is 20.1 Å². The molecule has 0 aliphatic carbocycles. The number of fused-ring (bicyclic) bond motifs is 6. The summed E-state index contributed by atoms with van der Waals surface area (Å²) in [4.78, 5) is 9.81. The highest BCUT2D eigenvalue weighted by molar-refractivity contribution is 9.10. The molecule has 0 aliphatic rings. The van der Waals surface area contributed by atoms with Gasteiger partial charge in [0.1, 0.15) is 5.78 Å². The van der Waals surface area contributed by atoms with Crippen molar-refractivity contribution in [1.82, 2.24) is 9.13 Å². The van der Waals surface area contributed by atoms with Gasteiger partial charge in [0.25, 0.3) is 0 Å². The zero-order chi connectivity index (χ0) is 38.0. The lowest BCUT2D eigenvalue weighted by Crippen LogP contribution is -2.19. The Kier molecular flexibility index (Phi) is 11.9. The lowest BCUT2D eigenvalue weighted by atomic mass is 9.93. The topological polar surface area (TPSA) is 47.2 Å². The molecule has 53 heavy (non-hydrogen) atoms. The number of carbonyl (C=O) groups excluding carboxylic acids is 1. The lowest BCUT2D eigenvalue weighted by molar-refractivity contribution is -0.116. The van der Waals surface area contributed by atoms with E-state index in [2.05, 4.69) is 37.2 Å². The van der Waals surface area contributed by atoms with Crippen molar-refractivity contribution in [2.45, 2.75) is 46.1 Å². The maximum absolute atomic E-state index is 10.5. The summed E-state index contributed by atoms with van der Waals surface area (Å²) in [6.45, 7) is 7.25. The van der Waals surface area contributed by atoms with E-state index in [-0.39, 0.29) is 5.78 Å². The number of aromatic nitrogens is 2. The highest BCUT2D eigenvalue weighted by Crippen LogP contribution is 2.37. The maximum atomic E-state index is 10.5. The summed E-state index contributed by atoms with van der Waals surface area (Å²) >= 11 is 28.3. The van der Waals surface area contributed by atoms with Gasteiger partial charge in [-0.25, -0.2) is 0 Å². The van der Waals surface area contributed by atoms with Gasteiger partial charge in [-0.2, -0.15) is 0 Å². The van der Waals surface area contributed by atoms with Crippen LogP contribution in [-0.4, -0.2) is 20.0 Å². The Morgan fingerprint density at radius 2 is 0.887 bits per heavy atom. The number of hydrogen-bond donors (Lipinski definition) is 1. The van der Waals surface area contributed by atoms with E-state index in [0.717, 1.165) is 75.1 Å². The Balaban J connectivity index is 0.000000163. The Labute approximate surface area is 337 Å². The second kappa shape index (κ2) is 16.3. The molecule has 270 valence electrons. The number of hydrogen-bond acceptors (Lipinski definition) is 2. The van der Waals surface area contributed by atoms with Crippen molar-refractivity contribution in [3.63, 3.8) is 0 Å². The average Bonchev–Trinajstić information content (AvgIpc) is 3.63. The standard InChI is InChI=1S/C22H19Cl2NO.C18H10BrCl2N.C4H8O/c1-3-22(2,26)14-4-8-17(9-5-14)25-20-10-6-15(23)12-18(20)19-13-16(24)7-11-21(19)25;19-11-1-5-14(6-2-11)22-17-7-3-12(20)9-15(17)16-10-13(21)4-8-18(16)22;1-3-4(2)5/h4-13,26H,3H2,1-2H3;1-10H;3H2,1-2H3. The number of nitrogens with zero attached hydrogens (tertiary/aromatic N) is 2. The molecule has 1 N–H and O–H groups in total. The molecular weight excluding hydrogens is 810 g/mol. The third-order valence-corrected chi connectivity index (χ3v) is 10.9. The van der Waals surface area contributed by atoms with Crippen LogP contribution in [0.25, 0.3) is 55.0 Å². The number of Topliss-reactive ketones (excluding diaryl/α,β-unsaturated/α-hetero) is 1. The molecule has 9 heteroatoms. The predicted octanol–water partition coefficient (Wildman–Crippen LogP) is 14.5. The molecule has 6 aromatic carbocycles. The van der Waals surface area contributed by atoms with Crippen molar-refractivity contribution in [1.29, 1.82) is 0 Å². The molecular formula is C44H37BrCl4N2O2. The molecule has 2 aromatic heterocycles. The van der Waals surface area contributed by atoms with Gasteiger partial charge in [0, 0.05) is 63.9 Å². The van der Waals surface area contributed by atoms with Gasteiger partial charge >= 0.3 is 0 Å². The Hall–Kier alpha value is -3.81. The van der Waals surface area contributed by atoms with Gasteiger partial charge in [-0.3, -0.25) is 0 Å². The fraction of sp³-hybridized carbons (Fsp3) is 0.159.